The van der Waals surface area contributed by atoms with Crippen LogP contribution < -0.4 is 16.4 Å². The fourth-order valence-corrected chi connectivity index (χ4v) is 2.89. The van der Waals surface area contributed by atoms with E-state index in [0.717, 1.165) is 12.8 Å². The quantitative estimate of drug-likeness (QED) is 0.762. The lowest BCUT2D eigenvalue weighted by atomic mass is 9.92. The predicted octanol–water partition coefficient (Wildman–Crippen LogP) is 2.03. The molecule has 1 fully saturated rings. The number of carbonyl (C=O) groups is 2. The molecule has 2 aromatic rings. The van der Waals surface area contributed by atoms with Gasteiger partial charge < -0.3 is 21.1 Å². The maximum atomic E-state index is 12.4. The van der Waals surface area contributed by atoms with Crippen LogP contribution in [0, 0.1) is 5.92 Å². The molecule has 2 amide bonds. The Morgan fingerprint density at radius 3 is 2.54 bits per heavy atom. The zero-order valence-corrected chi connectivity index (χ0v) is 14.4. The van der Waals surface area contributed by atoms with E-state index in [1.165, 1.54) is 0 Å². The summed E-state index contributed by atoms with van der Waals surface area (Å²) in [5.74, 6) is -0.397. The summed E-state index contributed by atoms with van der Waals surface area (Å²) in [5.41, 5.74) is 7.73. The molecule has 0 radical (unpaired) electrons. The van der Waals surface area contributed by atoms with E-state index in [1.54, 1.807) is 48.8 Å². The molecule has 1 aromatic heterocycles. The molecule has 136 valence electrons. The molecule has 0 bridgehead atoms. The van der Waals surface area contributed by atoms with Crippen molar-refractivity contribution in [2.24, 2.45) is 11.7 Å². The van der Waals surface area contributed by atoms with Crippen molar-refractivity contribution in [1.29, 1.82) is 0 Å². The molecule has 1 aliphatic heterocycles. The molecule has 1 unspecified atom stereocenters. The van der Waals surface area contributed by atoms with Crippen LogP contribution in [0.4, 0.5) is 11.4 Å². The third-order valence-electron chi connectivity index (χ3n) is 4.41. The van der Waals surface area contributed by atoms with Crippen molar-refractivity contribution in [2.45, 2.75) is 18.9 Å². The van der Waals surface area contributed by atoms with Crippen molar-refractivity contribution in [3.63, 3.8) is 0 Å². The van der Waals surface area contributed by atoms with Gasteiger partial charge in [0.2, 0.25) is 5.91 Å². The molecule has 4 N–H and O–H groups in total. The third kappa shape index (κ3) is 4.65. The van der Waals surface area contributed by atoms with E-state index < -0.39 is 6.04 Å². The lowest BCUT2D eigenvalue weighted by Crippen LogP contribution is -2.44. The first kappa shape index (κ1) is 18.0. The summed E-state index contributed by atoms with van der Waals surface area (Å²) in [6, 6.07) is 9.59. The summed E-state index contributed by atoms with van der Waals surface area (Å²) < 4.78 is 5.30. The maximum Gasteiger partial charge on any atom is 0.255 e. The summed E-state index contributed by atoms with van der Waals surface area (Å²) >= 11 is 0. The minimum Gasteiger partial charge on any atom is -0.381 e. The first-order valence-electron chi connectivity index (χ1n) is 8.59. The van der Waals surface area contributed by atoms with Gasteiger partial charge in [-0.1, -0.05) is 6.07 Å². The molecular weight excluding hydrogens is 332 g/mol. The van der Waals surface area contributed by atoms with E-state index in [-0.39, 0.29) is 17.7 Å². The number of aromatic nitrogens is 1. The van der Waals surface area contributed by atoms with Gasteiger partial charge in [-0.2, -0.15) is 0 Å². The van der Waals surface area contributed by atoms with Gasteiger partial charge in [0, 0.05) is 42.5 Å². The number of anilines is 2. The lowest BCUT2D eigenvalue weighted by Gasteiger charge is -2.26. The van der Waals surface area contributed by atoms with Crippen molar-refractivity contribution in [2.75, 3.05) is 23.8 Å². The molecule has 1 saturated heterocycles. The monoisotopic (exact) mass is 354 g/mol. The Bertz CT molecular complexity index is 760. The van der Waals surface area contributed by atoms with E-state index >= 15 is 0 Å². The van der Waals surface area contributed by atoms with Crippen molar-refractivity contribution >= 4 is 23.2 Å². The van der Waals surface area contributed by atoms with Gasteiger partial charge in [-0.15, -0.1) is 0 Å². The molecule has 7 nitrogen and oxygen atoms in total. The SMILES string of the molecule is NC(C(=O)Nc1cccc(C(=O)Nc2ccncc2)c1)C1CCOCC1. The highest BCUT2D eigenvalue weighted by atomic mass is 16.5. The van der Waals surface area contributed by atoms with E-state index in [9.17, 15) is 9.59 Å². The van der Waals surface area contributed by atoms with E-state index in [4.69, 9.17) is 10.5 Å². The molecule has 0 aliphatic carbocycles. The second kappa shape index (κ2) is 8.55. The fourth-order valence-electron chi connectivity index (χ4n) is 2.89. The maximum absolute atomic E-state index is 12.4. The van der Waals surface area contributed by atoms with Crippen LogP contribution in [0.5, 0.6) is 0 Å². The molecule has 7 heteroatoms. The average Bonchev–Trinajstić information content (AvgIpc) is 2.69. The van der Waals surface area contributed by atoms with Crippen molar-refractivity contribution in [3.8, 4) is 0 Å². The summed E-state index contributed by atoms with van der Waals surface area (Å²) in [5, 5.41) is 5.59. The first-order valence-corrected chi connectivity index (χ1v) is 8.59. The summed E-state index contributed by atoms with van der Waals surface area (Å²) in [4.78, 5) is 28.7. The molecule has 26 heavy (non-hydrogen) atoms. The number of hydrogen-bond donors (Lipinski definition) is 3. The molecule has 1 atom stereocenters. The van der Waals surface area contributed by atoms with Crippen LogP contribution in [0.2, 0.25) is 0 Å². The van der Waals surface area contributed by atoms with Crippen LogP contribution in [0.3, 0.4) is 0 Å². The minimum absolute atomic E-state index is 0.113. The summed E-state index contributed by atoms with van der Waals surface area (Å²) in [6.07, 6.45) is 4.76. The van der Waals surface area contributed by atoms with Crippen LogP contribution in [-0.2, 0) is 9.53 Å². The van der Waals surface area contributed by atoms with Crippen LogP contribution in [-0.4, -0.2) is 36.1 Å². The average molecular weight is 354 g/mol. The second-order valence-corrected chi connectivity index (χ2v) is 6.24. The van der Waals surface area contributed by atoms with Gasteiger partial charge in [-0.25, -0.2) is 0 Å². The summed E-state index contributed by atoms with van der Waals surface area (Å²) in [7, 11) is 0. The highest BCUT2D eigenvalue weighted by Gasteiger charge is 2.26. The number of benzene rings is 1. The number of carbonyl (C=O) groups excluding carboxylic acids is 2. The standard InChI is InChI=1S/C19H22N4O3/c20-17(13-6-10-26-11-7-13)19(25)23-16-3-1-2-14(12-16)18(24)22-15-4-8-21-9-5-15/h1-5,8-9,12-13,17H,6-7,10-11,20H2,(H,23,25)(H,21,22,24). The van der Waals surface area contributed by atoms with Crippen molar-refractivity contribution in [3.05, 3.63) is 54.4 Å². The summed E-state index contributed by atoms with van der Waals surface area (Å²) in [6.45, 7) is 1.27. The lowest BCUT2D eigenvalue weighted by molar-refractivity contribution is -0.119. The van der Waals surface area contributed by atoms with E-state index in [0.29, 0.717) is 30.2 Å². The number of nitrogens with zero attached hydrogens (tertiary/aromatic N) is 1. The van der Waals surface area contributed by atoms with Crippen molar-refractivity contribution in [1.82, 2.24) is 4.98 Å². The first-order chi connectivity index (χ1) is 12.6. The Hall–Kier alpha value is -2.77. The largest absolute Gasteiger partial charge is 0.381 e. The highest BCUT2D eigenvalue weighted by Crippen LogP contribution is 2.19. The van der Waals surface area contributed by atoms with Gasteiger partial charge in [0.15, 0.2) is 0 Å². The van der Waals surface area contributed by atoms with Crippen LogP contribution in [0.15, 0.2) is 48.8 Å². The Kier molecular flexibility index (Phi) is 5.93. The molecule has 0 saturated carbocycles. The normalized spacial score (nSPS) is 15.9. The Balaban J connectivity index is 1.63. The molecule has 3 rings (SSSR count). The number of amides is 2. The van der Waals surface area contributed by atoms with Gasteiger partial charge in [0.25, 0.3) is 5.91 Å². The molecule has 1 aliphatic rings. The highest BCUT2D eigenvalue weighted by molar-refractivity contribution is 6.05. The van der Waals surface area contributed by atoms with Crippen LogP contribution >= 0.6 is 0 Å². The van der Waals surface area contributed by atoms with Crippen LogP contribution in [0.1, 0.15) is 23.2 Å². The third-order valence-corrected chi connectivity index (χ3v) is 4.41. The number of hydrogen-bond acceptors (Lipinski definition) is 5. The van der Waals surface area contributed by atoms with Gasteiger partial charge >= 0.3 is 0 Å². The Morgan fingerprint density at radius 2 is 1.81 bits per heavy atom. The Morgan fingerprint density at radius 1 is 1.08 bits per heavy atom. The number of pyridine rings is 1. The number of ether oxygens (including phenoxy) is 1. The smallest absolute Gasteiger partial charge is 0.255 e. The van der Waals surface area contributed by atoms with Gasteiger partial charge in [-0.05, 0) is 49.1 Å². The Labute approximate surface area is 151 Å². The molecule has 1 aromatic carbocycles. The molecule has 0 spiro atoms. The second-order valence-electron chi connectivity index (χ2n) is 6.24. The number of nitrogens with one attached hydrogen (secondary N) is 2. The van der Waals surface area contributed by atoms with Gasteiger partial charge in [0.1, 0.15) is 0 Å². The minimum atomic E-state index is -0.590. The van der Waals surface area contributed by atoms with E-state index in [2.05, 4.69) is 15.6 Å². The fraction of sp³-hybridized carbons (Fsp3) is 0.316. The zero-order chi connectivity index (χ0) is 18.4. The predicted molar refractivity (Wildman–Crippen MR) is 98.8 cm³/mol. The van der Waals surface area contributed by atoms with Crippen molar-refractivity contribution < 1.29 is 14.3 Å². The number of rotatable bonds is 5. The number of nitrogens with two attached hydrogens (primary N) is 1. The van der Waals surface area contributed by atoms with Crippen LogP contribution in [0.25, 0.3) is 0 Å². The zero-order valence-electron chi connectivity index (χ0n) is 14.4. The van der Waals surface area contributed by atoms with E-state index in [1.807, 2.05) is 0 Å². The molecular formula is C19H22N4O3. The molecule has 2 heterocycles. The topological polar surface area (TPSA) is 106 Å². The van der Waals surface area contributed by atoms with Gasteiger partial charge in [-0.3, -0.25) is 14.6 Å². The van der Waals surface area contributed by atoms with Gasteiger partial charge in [0.05, 0.1) is 6.04 Å².